The van der Waals surface area contributed by atoms with Gasteiger partial charge in [-0.3, -0.25) is 4.79 Å². The normalized spacial score (nSPS) is 11.6. The second-order valence-corrected chi connectivity index (χ2v) is 5.04. The van der Waals surface area contributed by atoms with Crippen molar-refractivity contribution < 1.29 is 14.3 Å². The molecule has 0 unspecified atom stereocenters. The summed E-state index contributed by atoms with van der Waals surface area (Å²) >= 11 is 0. The summed E-state index contributed by atoms with van der Waals surface area (Å²) in [7, 11) is 0. The molecule has 0 atom stereocenters. The molecule has 0 bridgehead atoms. The average Bonchev–Trinajstić information content (AvgIpc) is 2.24. The van der Waals surface area contributed by atoms with Crippen LogP contribution in [0, 0.1) is 0 Å². The fourth-order valence-corrected chi connectivity index (χ4v) is 1.33. The van der Waals surface area contributed by atoms with Crippen molar-refractivity contribution in [2.24, 2.45) is 0 Å². The van der Waals surface area contributed by atoms with Gasteiger partial charge in [-0.25, -0.2) is 4.79 Å². The van der Waals surface area contributed by atoms with Crippen molar-refractivity contribution in [1.29, 1.82) is 0 Å². The second kappa shape index (κ2) is 5.63. The average molecular weight is 246 g/mol. The van der Waals surface area contributed by atoms with Crippen molar-refractivity contribution in [2.75, 3.05) is 0 Å². The summed E-state index contributed by atoms with van der Waals surface area (Å²) < 4.78 is 5.14. The van der Waals surface area contributed by atoms with Gasteiger partial charge in [0.2, 0.25) is 0 Å². The zero-order chi connectivity index (χ0) is 13.8. The number of hydrogen-bond donors (Lipinski definition) is 0. The van der Waals surface area contributed by atoms with Gasteiger partial charge in [-0.2, -0.15) is 0 Å². The highest BCUT2D eigenvalue weighted by Gasteiger charge is 2.13. The lowest BCUT2D eigenvalue weighted by molar-refractivity contribution is -0.148. The minimum atomic E-state index is -0.486. The van der Waals surface area contributed by atoms with E-state index >= 15 is 0 Å². The minimum Gasteiger partial charge on any atom is -0.457 e. The van der Waals surface area contributed by atoms with Crippen LogP contribution in [0.1, 0.15) is 43.6 Å². The maximum absolute atomic E-state index is 11.4. The number of carbonyl (C=O) groups excluding carboxylic acids is 2. The number of hydrogen-bond acceptors (Lipinski definition) is 3. The highest BCUT2D eigenvalue weighted by Crippen LogP contribution is 2.10. The SMILES string of the molecule is CC(=O)c1ccc(C=CC(=O)OC(C)(C)C)cc1. The van der Waals surface area contributed by atoms with Crippen LogP contribution in [-0.2, 0) is 9.53 Å². The lowest BCUT2D eigenvalue weighted by atomic mass is 10.1. The van der Waals surface area contributed by atoms with Gasteiger partial charge in [0.25, 0.3) is 0 Å². The Morgan fingerprint density at radius 2 is 1.67 bits per heavy atom. The first-order valence-corrected chi connectivity index (χ1v) is 5.80. The van der Waals surface area contributed by atoms with E-state index in [9.17, 15) is 9.59 Å². The number of ether oxygens (including phenoxy) is 1. The zero-order valence-electron chi connectivity index (χ0n) is 11.2. The molecule has 0 fully saturated rings. The lowest BCUT2D eigenvalue weighted by Crippen LogP contribution is -2.22. The third kappa shape index (κ3) is 4.95. The van der Waals surface area contributed by atoms with E-state index < -0.39 is 5.60 Å². The van der Waals surface area contributed by atoms with Gasteiger partial charge < -0.3 is 4.74 Å². The molecule has 1 aromatic carbocycles. The zero-order valence-corrected chi connectivity index (χ0v) is 11.2. The molecule has 18 heavy (non-hydrogen) atoms. The van der Waals surface area contributed by atoms with Gasteiger partial charge in [-0.1, -0.05) is 24.3 Å². The van der Waals surface area contributed by atoms with E-state index in [1.165, 1.54) is 13.0 Å². The summed E-state index contributed by atoms with van der Waals surface area (Å²) in [4.78, 5) is 22.5. The Labute approximate surface area is 107 Å². The molecule has 0 aliphatic carbocycles. The summed E-state index contributed by atoms with van der Waals surface area (Å²) in [6.45, 7) is 6.98. The Morgan fingerprint density at radius 3 is 2.11 bits per heavy atom. The van der Waals surface area contributed by atoms with Crippen molar-refractivity contribution in [2.45, 2.75) is 33.3 Å². The van der Waals surface area contributed by atoms with Crippen LogP contribution in [0.25, 0.3) is 6.08 Å². The predicted octanol–water partition coefficient (Wildman–Crippen LogP) is 3.24. The molecule has 0 aromatic heterocycles. The topological polar surface area (TPSA) is 43.4 Å². The van der Waals surface area contributed by atoms with Crippen LogP contribution in [0.3, 0.4) is 0 Å². The second-order valence-electron chi connectivity index (χ2n) is 5.04. The van der Waals surface area contributed by atoms with E-state index in [2.05, 4.69) is 0 Å². The molecule has 0 saturated heterocycles. The minimum absolute atomic E-state index is 0.0256. The summed E-state index contributed by atoms with van der Waals surface area (Å²) in [5, 5.41) is 0. The molecule has 0 amide bonds. The molecule has 3 nitrogen and oxygen atoms in total. The van der Waals surface area contributed by atoms with Crippen LogP contribution < -0.4 is 0 Å². The number of benzene rings is 1. The molecule has 1 aromatic rings. The van der Waals surface area contributed by atoms with Crippen molar-refractivity contribution in [3.8, 4) is 0 Å². The smallest absolute Gasteiger partial charge is 0.331 e. The van der Waals surface area contributed by atoms with Gasteiger partial charge in [0.15, 0.2) is 5.78 Å². The Kier molecular flexibility index (Phi) is 4.43. The molecule has 0 radical (unpaired) electrons. The Bertz CT molecular complexity index is 462. The molecule has 96 valence electrons. The lowest BCUT2D eigenvalue weighted by Gasteiger charge is -2.17. The highest BCUT2D eigenvalue weighted by atomic mass is 16.6. The summed E-state index contributed by atoms with van der Waals surface area (Å²) in [5.74, 6) is -0.351. The number of esters is 1. The summed E-state index contributed by atoms with van der Waals surface area (Å²) in [6.07, 6.45) is 3.05. The van der Waals surface area contributed by atoms with Crippen molar-refractivity contribution in [3.63, 3.8) is 0 Å². The van der Waals surface area contributed by atoms with Crippen LogP contribution in [0.2, 0.25) is 0 Å². The van der Waals surface area contributed by atoms with Gasteiger partial charge in [0, 0.05) is 11.6 Å². The van der Waals surface area contributed by atoms with E-state index in [4.69, 9.17) is 4.74 Å². The fraction of sp³-hybridized carbons (Fsp3) is 0.333. The van der Waals surface area contributed by atoms with Crippen LogP contribution in [-0.4, -0.2) is 17.4 Å². The molecule has 0 saturated carbocycles. The molecule has 1 rings (SSSR count). The Hall–Kier alpha value is -1.90. The molecule has 3 heteroatoms. The van der Waals surface area contributed by atoms with Gasteiger partial charge in [0.05, 0.1) is 0 Å². The maximum Gasteiger partial charge on any atom is 0.331 e. The van der Waals surface area contributed by atoms with Gasteiger partial charge in [-0.15, -0.1) is 0 Å². The third-order valence-electron chi connectivity index (χ3n) is 2.14. The molecule has 0 aliphatic heterocycles. The Balaban J connectivity index is 2.67. The van der Waals surface area contributed by atoms with E-state index in [1.54, 1.807) is 30.3 Å². The van der Waals surface area contributed by atoms with E-state index in [1.807, 2.05) is 20.8 Å². The van der Waals surface area contributed by atoms with Gasteiger partial charge in [0.1, 0.15) is 5.60 Å². The van der Waals surface area contributed by atoms with Crippen molar-refractivity contribution in [1.82, 2.24) is 0 Å². The number of ketones is 1. The fourth-order valence-electron chi connectivity index (χ4n) is 1.33. The predicted molar refractivity (Wildman–Crippen MR) is 71.3 cm³/mol. The van der Waals surface area contributed by atoms with Crippen molar-refractivity contribution >= 4 is 17.8 Å². The summed E-state index contributed by atoms with van der Waals surface area (Å²) in [5.41, 5.74) is 1.02. The molecule has 0 N–H and O–H groups in total. The molecular formula is C15H18O3. The standard InChI is InChI=1S/C15H18O3/c1-11(16)13-8-5-12(6-9-13)7-10-14(17)18-15(2,3)4/h5-10H,1-4H3. The first kappa shape index (κ1) is 14.2. The van der Waals surface area contributed by atoms with Crippen LogP contribution in [0.15, 0.2) is 30.3 Å². The third-order valence-corrected chi connectivity index (χ3v) is 2.14. The first-order chi connectivity index (χ1) is 8.28. The van der Waals surface area contributed by atoms with Gasteiger partial charge in [-0.05, 0) is 39.3 Å². The number of rotatable bonds is 3. The van der Waals surface area contributed by atoms with E-state index in [-0.39, 0.29) is 11.8 Å². The molecular weight excluding hydrogens is 228 g/mol. The number of Topliss-reactive ketones (excluding diaryl/α,β-unsaturated/α-hetero) is 1. The van der Waals surface area contributed by atoms with E-state index in [0.717, 1.165) is 5.56 Å². The quantitative estimate of drug-likeness (QED) is 0.467. The largest absolute Gasteiger partial charge is 0.457 e. The van der Waals surface area contributed by atoms with Gasteiger partial charge >= 0.3 is 5.97 Å². The van der Waals surface area contributed by atoms with Crippen molar-refractivity contribution in [3.05, 3.63) is 41.5 Å². The first-order valence-electron chi connectivity index (χ1n) is 5.80. The Morgan fingerprint density at radius 1 is 1.11 bits per heavy atom. The molecule has 0 spiro atoms. The summed E-state index contributed by atoms with van der Waals surface area (Å²) in [6, 6.07) is 7.05. The number of carbonyl (C=O) groups is 2. The monoisotopic (exact) mass is 246 g/mol. The van der Waals surface area contributed by atoms with Crippen LogP contribution in [0.4, 0.5) is 0 Å². The van der Waals surface area contributed by atoms with Crippen LogP contribution >= 0.6 is 0 Å². The molecule has 0 aliphatic rings. The maximum atomic E-state index is 11.4. The molecule has 0 heterocycles. The van der Waals surface area contributed by atoms with E-state index in [0.29, 0.717) is 5.56 Å². The van der Waals surface area contributed by atoms with Crippen LogP contribution in [0.5, 0.6) is 0 Å². The highest BCUT2D eigenvalue weighted by molar-refractivity contribution is 5.94.